The maximum absolute atomic E-state index is 14.6. The summed E-state index contributed by atoms with van der Waals surface area (Å²) in [4.78, 5) is 11.3. The quantitative estimate of drug-likeness (QED) is 0.703. The first-order chi connectivity index (χ1) is 12.3. The van der Waals surface area contributed by atoms with Gasteiger partial charge in [-0.05, 0) is 61.7 Å². The van der Waals surface area contributed by atoms with Gasteiger partial charge in [-0.3, -0.25) is 0 Å². The van der Waals surface area contributed by atoms with E-state index in [2.05, 4.69) is 0 Å². The zero-order valence-electron chi connectivity index (χ0n) is 13.8. The second kappa shape index (κ2) is 7.08. The fourth-order valence-electron chi connectivity index (χ4n) is 3.71. The highest BCUT2D eigenvalue weighted by molar-refractivity contribution is 7.92. The Labute approximate surface area is 155 Å². The van der Waals surface area contributed by atoms with Gasteiger partial charge in [-0.2, -0.15) is 0 Å². The predicted molar refractivity (Wildman–Crippen MR) is 94.7 cm³/mol. The molecule has 0 heterocycles. The molecule has 0 radical (unpaired) electrons. The number of hydrogen-bond acceptors (Lipinski definition) is 3. The summed E-state index contributed by atoms with van der Waals surface area (Å²) in [5.41, 5.74) is -0.223. The number of carbonyl (C=O) groups excluding carboxylic acids is 1. The van der Waals surface area contributed by atoms with Crippen molar-refractivity contribution in [2.24, 2.45) is 5.92 Å². The number of sulfone groups is 1. The van der Waals surface area contributed by atoms with Crippen LogP contribution in [0.3, 0.4) is 0 Å². The van der Waals surface area contributed by atoms with Gasteiger partial charge in [0, 0.05) is 16.5 Å². The van der Waals surface area contributed by atoms with Gasteiger partial charge in [0.2, 0.25) is 0 Å². The first-order valence-corrected chi connectivity index (χ1v) is 10.1. The molecular weight excluding hydrogens is 382 g/mol. The van der Waals surface area contributed by atoms with E-state index in [-0.39, 0.29) is 23.3 Å². The van der Waals surface area contributed by atoms with Crippen LogP contribution in [0, 0.1) is 17.6 Å². The van der Waals surface area contributed by atoms with Crippen LogP contribution in [0.2, 0.25) is 5.02 Å². The van der Waals surface area contributed by atoms with Gasteiger partial charge in [0.05, 0.1) is 4.90 Å². The number of rotatable bonds is 4. The Morgan fingerprint density at radius 3 is 2.46 bits per heavy atom. The molecule has 3 nitrogen and oxygen atoms in total. The van der Waals surface area contributed by atoms with Gasteiger partial charge in [-0.25, -0.2) is 17.2 Å². The molecule has 0 aromatic heterocycles. The van der Waals surface area contributed by atoms with Crippen LogP contribution in [0.25, 0.3) is 0 Å². The second-order valence-corrected chi connectivity index (χ2v) is 9.26. The first-order valence-electron chi connectivity index (χ1n) is 8.21. The van der Waals surface area contributed by atoms with Crippen molar-refractivity contribution in [3.8, 4) is 0 Å². The number of carbonyl (C=O) groups is 1. The molecule has 1 saturated carbocycles. The third-order valence-electron chi connectivity index (χ3n) is 5.00. The van der Waals surface area contributed by atoms with Crippen molar-refractivity contribution in [2.45, 2.75) is 35.3 Å². The molecule has 0 saturated heterocycles. The van der Waals surface area contributed by atoms with Crippen molar-refractivity contribution in [1.82, 2.24) is 0 Å². The van der Waals surface area contributed by atoms with Crippen LogP contribution >= 0.6 is 11.6 Å². The summed E-state index contributed by atoms with van der Waals surface area (Å²) < 4.78 is 53.7. The lowest BCUT2D eigenvalue weighted by Crippen LogP contribution is -2.42. The molecule has 3 rings (SSSR count). The highest BCUT2D eigenvalue weighted by Gasteiger charge is 2.50. The fourth-order valence-corrected chi connectivity index (χ4v) is 6.08. The summed E-state index contributed by atoms with van der Waals surface area (Å²) in [6, 6.07) is 8.36. The van der Waals surface area contributed by atoms with Crippen LogP contribution < -0.4 is 0 Å². The zero-order valence-corrected chi connectivity index (χ0v) is 15.4. The molecular formula is C19H17ClF2O3S. The minimum absolute atomic E-state index is 0.0305. The number of hydrogen-bond donors (Lipinski definition) is 0. The van der Waals surface area contributed by atoms with Crippen LogP contribution in [0.5, 0.6) is 0 Å². The minimum atomic E-state index is -4.10. The molecule has 1 aliphatic carbocycles. The maximum atomic E-state index is 14.6. The zero-order chi connectivity index (χ0) is 18.9. The molecule has 0 bridgehead atoms. The average molecular weight is 399 g/mol. The highest BCUT2D eigenvalue weighted by atomic mass is 35.5. The van der Waals surface area contributed by atoms with Gasteiger partial charge in [-0.15, -0.1) is 0 Å². The summed E-state index contributed by atoms with van der Waals surface area (Å²) in [7, 11) is -4.10. The van der Waals surface area contributed by atoms with E-state index < -0.39 is 32.1 Å². The van der Waals surface area contributed by atoms with Gasteiger partial charge in [0.15, 0.2) is 9.84 Å². The van der Waals surface area contributed by atoms with E-state index in [9.17, 15) is 22.0 Å². The summed E-state index contributed by atoms with van der Waals surface area (Å²) in [6.07, 6.45) is 1.68. The number of aldehydes is 1. The number of benzene rings is 2. The lowest BCUT2D eigenvalue weighted by atomic mass is 9.77. The third-order valence-corrected chi connectivity index (χ3v) is 7.76. The predicted octanol–water partition coefficient (Wildman–Crippen LogP) is 4.68. The van der Waals surface area contributed by atoms with E-state index in [1.165, 1.54) is 24.3 Å². The van der Waals surface area contributed by atoms with Gasteiger partial charge < -0.3 is 4.79 Å². The van der Waals surface area contributed by atoms with E-state index in [1.54, 1.807) is 0 Å². The van der Waals surface area contributed by atoms with E-state index in [4.69, 9.17) is 11.6 Å². The first kappa shape index (κ1) is 19.0. The lowest BCUT2D eigenvalue weighted by molar-refractivity contribution is -0.112. The number of halogens is 3. The van der Waals surface area contributed by atoms with Crippen molar-refractivity contribution < 1.29 is 22.0 Å². The molecule has 26 heavy (non-hydrogen) atoms. The van der Waals surface area contributed by atoms with Crippen molar-refractivity contribution in [1.29, 1.82) is 0 Å². The second-order valence-electron chi connectivity index (χ2n) is 6.57. The monoisotopic (exact) mass is 398 g/mol. The topological polar surface area (TPSA) is 51.2 Å². The Morgan fingerprint density at radius 1 is 1.12 bits per heavy atom. The largest absolute Gasteiger partial charge is 0.303 e. The van der Waals surface area contributed by atoms with Crippen LogP contribution in [0.1, 0.15) is 31.2 Å². The Morgan fingerprint density at radius 2 is 1.81 bits per heavy atom. The van der Waals surface area contributed by atoms with E-state index in [0.717, 1.165) is 18.2 Å². The third kappa shape index (κ3) is 3.16. The average Bonchev–Trinajstić information content (AvgIpc) is 2.64. The van der Waals surface area contributed by atoms with Crippen molar-refractivity contribution in [2.75, 3.05) is 0 Å². The Kier molecular flexibility index (Phi) is 5.17. The van der Waals surface area contributed by atoms with Gasteiger partial charge >= 0.3 is 0 Å². The van der Waals surface area contributed by atoms with Gasteiger partial charge in [0.25, 0.3) is 0 Å². The van der Waals surface area contributed by atoms with Crippen molar-refractivity contribution in [3.63, 3.8) is 0 Å². The molecule has 2 atom stereocenters. The van der Waals surface area contributed by atoms with Crippen LogP contribution in [-0.4, -0.2) is 14.7 Å². The molecule has 0 N–H and O–H groups in total. The van der Waals surface area contributed by atoms with Crippen molar-refractivity contribution >= 4 is 27.7 Å². The maximum Gasteiger partial charge on any atom is 0.188 e. The van der Waals surface area contributed by atoms with Crippen LogP contribution in [0.4, 0.5) is 8.78 Å². The lowest BCUT2D eigenvalue weighted by Gasteiger charge is -2.39. The van der Waals surface area contributed by atoms with Crippen LogP contribution in [-0.2, 0) is 19.4 Å². The molecule has 138 valence electrons. The van der Waals surface area contributed by atoms with E-state index >= 15 is 0 Å². The molecule has 1 fully saturated rings. The molecule has 7 heteroatoms. The van der Waals surface area contributed by atoms with Gasteiger partial charge in [-0.1, -0.05) is 18.0 Å². The molecule has 1 aliphatic rings. The van der Waals surface area contributed by atoms with Crippen LogP contribution in [0.15, 0.2) is 47.4 Å². The summed E-state index contributed by atoms with van der Waals surface area (Å²) in [6.45, 7) is 0. The Hall–Kier alpha value is -1.79. The molecule has 0 aliphatic heterocycles. The Balaban J connectivity index is 2.25. The van der Waals surface area contributed by atoms with Crippen molar-refractivity contribution in [3.05, 3.63) is 64.7 Å². The SMILES string of the molecule is O=C[C@@H]1CCC[C@@](c2cc(F)ccc2F)(S(=O)(=O)c2ccc(Cl)cc2)C1. The molecule has 2 aromatic carbocycles. The molecule has 0 spiro atoms. The molecule has 0 unspecified atom stereocenters. The Bertz CT molecular complexity index is 928. The van der Waals surface area contributed by atoms with E-state index in [1.807, 2.05) is 0 Å². The minimum Gasteiger partial charge on any atom is -0.303 e. The summed E-state index contributed by atoms with van der Waals surface area (Å²) in [5, 5.41) is 0.365. The molecule has 0 amide bonds. The molecule has 2 aromatic rings. The normalized spacial score (nSPS) is 23.6. The summed E-state index contributed by atoms with van der Waals surface area (Å²) in [5.74, 6) is -2.05. The van der Waals surface area contributed by atoms with E-state index in [0.29, 0.717) is 24.2 Å². The summed E-state index contributed by atoms with van der Waals surface area (Å²) >= 11 is 5.84. The van der Waals surface area contributed by atoms with Gasteiger partial charge in [0.1, 0.15) is 22.7 Å². The standard InChI is InChI=1S/C19H17ClF2O3S/c20-14-3-6-16(7-4-14)26(24,25)19(9-1-2-13(11-19)12-23)17-10-15(21)5-8-18(17)22/h3-8,10,12-13H,1-2,9,11H2/t13-,19-/m1/s1. The highest BCUT2D eigenvalue weighted by Crippen LogP contribution is 2.49. The smallest absolute Gasteiger partial charge is 0.188 e. The fraction of sp³-hybridized carbons (Fsp3) is 0.316.